The van der Waals surface area contributed by atoms with E-state index in [2.05, 4.69) is 19.7 Å². The Morgan fingerprint density at radius 3 is 2.96 bits per heavy atom. The van der Waals surface area contributed by atoms with Crippen LogP contribution < -0.4 is 5.73 Å². The maximum Gasteiger partial charge on any atom is 0.273 e. The molecule has 0 spiro atoms. The minimum atomic E-state index is -0.0104. The third-order valence-corrected chi connectivity index (χ3v) is 5.77. The van der Waals surface area contributed by atoms with Crippen molar-refractivity contribution >= 4 is 17.2 Å². The molecule has 24 heavy (non-hydrogen) atoms. The Kier molecular flexibility index (Phi) is 4.32. The van der Waals surface area contributed by atoms with Crippen LogP contribution in [0.25, 0.3) is 0 Å². The minimum absolute atomic E-state index is 0.00799. The molecule has 2 aromatic rings. The molecular formula is C16H22N6OS. The Hall–Kier alpha value is -1.80. The SMILES string of the molecule is NCc1nc(C(=O)N2CCCCC2c2nnc3n2CCCC3)cs1. The Morgan fingerprint density at radius 2 is 2.12 bits per heavy atom. The normalized spacial score (nSPS) is 20.9. The van der Waals surface area contributed by atoms with Gasteiger partial charge in [-0.2, -0.15) is 0 Å². The summed E-state index contributed by atoms with van der Waals surface area (Å²) in [7, 11) is 0. The van der Waals surface area contributed by atoms with E-state index < -0.39 is 0 Å². The highest BCUT2D eigenvalue weighted by molar-refractivity contribution is 7.09. The Bertz CT molecular complexity index is 739. The number of aryl methyl sites for hydroxylation is 1. The highest BCUT2D eigenvalue weighted by atomic mass is 32.1. The lowest BCUT2D eigenvalue weighted by Gasteiger charge is -2.35. The predicted molar refractivity (Wildman–Crippen MR) is 90.6 cm³/mol. The maximum absolute atomic E-state index is 13.0. The fraction of sp³-hybridized carbons (Fsp3) is 0.625. The monoisotopic (exact) mass is 346 g/mol. The number of fused-ring (bicyclic) bond motifs is 1. The number of likely N-dealkylation sites (tertiary alicyclic amines) is 1. The third-order valence-electron chi connectivity index (χ3n) is 4.90. The van der Waals surface area contributed by atoms with Gasteiger partial charge in [-0.05, 0) is 32.1 Å². The maximum atomic E-state index is 13.0. The molecule has 2 aromatic heterocycles. The summed E-state index contributed by atoms with van der Waals surface area (Å²) in [6.45, 7) is 2.09. The van der Waals surface area contributed by atoms with Gasteiger partial charge in [0.2, 0.25) is 0 Å². The molecule has 2 N–H and O–H groups in total. The number of aromatic nitrogens is 4. The van der Waals surface area contributed by atoms with Crippen LogP contribution in [0.1, 0.15) is 65.3 Å². The lowest BCUT2D eigenvalue weighted by Crippen LogP contribution is -2.40. The number of carbonyl (C=O) groups excluding carboxylic acids is 1. The molecule has 0 saturated carbocycles. The fourth-order valence-corrected chi connectivity index (χ4v) is 4.32. The van der Waals surface area contributed by atoms with Gasteiger partial charge in [0.05, 0.1) is 6.04 Å². The standard InChI is InChI=1S/C16H22N6OS/c17-9-14-18-11(10-24-14)16(23)21-7-3-1-5-12(21)15-20-19-13-6-2-4-8-22(13)15/h10,12H,1-9,17H2. The molecule has 4 heterocycles. The summed E-state index contributed by atoms with van der Waals surface area (Å²) in [6, 6.07) is 0.00799. The van der Waals surface area contributed by atoms with Gasteiger partial charge >= 0.3 is 0 Å². The zero-order chi connectivity index (χ0) is 16.5. The van der Waals surface area contributed by atoms with Gasteiger partial charge in [-0.15, -0.1) is 21.5 Å². The molecule has 4 rings (SSSR count). The van der Waals surface area contributed by atoms with Gasteiger partial charge < -0.3 is 15.2 Å². The summed E-state index contributed by atoms with van der Waals surface area (Å²) in [4.78, 5) is 19.3. The predicted octanol–water partition coefficient (Wildman–Crippen LogP) is 1.90. The fourth-order valence-electron chi connectivity index (χ4n) is 3.67. The Labute approximate surface area is 144 Å². The van der Waals surface area contributed by atoms with Gasteiger partial charge in [-0.3, -0.25) is 4.79 Å². The van der Waals surface area contributed by atoms with Crippen LogP contribution in [0.3, 0.4) is 0 Å². The molecule has 1 atom stereocenters. The number of hydrogen-bond donors (Lipinski definition) is 1. The number of carbonyl (C=O) groups is 1. The molecular weight excluding hydrogens is 324 g/mol. The Morgan fingerprint density at radius 1 is 1.25 bits per heavy atom. The van der Waals surface area contributed by atoms with E-state index in [0.29, 0.717) is 12.2 Å². The quantitative estimate of drug-likeness (QED) is 0.917. The highest BCUT2D eigenvalue weighted by Gasteiger charge is 2.34. The van der Waals surface area contributed by atoms with Crippen molar-refractivity contribution in [3.8, 4) is 0 Å². The first-order valence-electron chi connectivity index (χ1n) is 8.65. The molecule has 8 heteroatoms. The molecule has 1 unspecified atom stereocenters. The van der Waals surface area contributed by atoms with E-state index in [9.17, 15) is 4.79 Å². The zero-order valence-electron chi connectivity index (χ0n) is 13.6. The number of thiazole rings is 1. The van der Waals surface area contributed by atoms with Crippen LogP contribution in [0, 0.1) is 0 Å². The van der Waals surface area contributed by atoms with Crippen LogP contribution in [-0.2, 0) is 19.5 Å². The van der Waals surface area contributed by atoms with Crippen molar-refractivity contribution in [2.45, 2.75) is 57.7 Å². The molecule has 0 radical (unpaired) electrons. The topological polar surface area (TPSA) is 89.9 Å². The van der Waals surface area contributed by atoms with Gasteiger partial charge in [-0.25, -0.2) is 4.98 Å². The largest absolute Gasteiger partial charge is 0.327 e. The smallest absolute Gasteiger partial charge is 0.273 e. The van der Waals surface area contributed by atoms with Crippen LogP contribution in [0.5, 0.6) is 0 Å². The highest BCUT2D eigenvalue weighted by Crippen LogP contribution is 2.32. The van der Waals surface area contributed by atoms with Crippen LogP contribution in [0.2, 0.25) is 0 Å². The average Bonchev–Trinajstić information content (AvgIpc) is 3.28. The number of hydrogen-bond acceptors (Lipinski definition) is 6. The summed E-state index contributed by atoms with van der Waals surface area (Å²) < 4.78 is 2.23. The van der Waals surface area contributed by atoms with E-state index in [1.54, 1.807) is 0 Å². The number of amides is 1. The van der Waals surface area contributed by atoms with Crippen molar-refractivity contribution in [1.29, 1.82) is 0 Å². The molecule has 128 valence electrons. The molecule has 1 amide bonds. The van der Waals surface area contributed by atoms with Crippen LogP contribution in [0.15, 0.2) is 5.38 Å². The first-order valence-corrected chi connectivity index (χ1v) is 9.53. The second-order valence-electron chi connectivity index (χ2n) is 6.42. The third kappa shape index (κ3) is 2.73. The molecule has 1 saturated heterocycles. The molecule has 1 fully saturated rings. The van der Waals surface area contributed by atoms with Crippen LogP contribution >= 0.6 is 11.3 Å². The van der Waals surface area contributed by atoms with Crippen LogP contribution in [0.4, 0.5) is 0 Å². The average molecular weight is 346 g/mol. The van der Waals surface area contributed by atoms with Crippen molar-refractivity contribution in [3.05, 3.63) is 27.7 Å². The lowest BCUT2D eigenvalue weighted by molar-refractivity contribution is 0.0588. The molecule has 0 bridgehead atoms. The summed E-state index contributed by atoms with van der Waals surface area (Å²) >= 11 is 1.45. The summed E-state index contributed by atoms with van der Waals surface area (Å²) in [5, 5.41) is 11.4. The van der Waals surface area contributed by atoms with Crippen molar-refractivity contribution in [1.82, 2.24) is 24.6 Å². The van der Waals surface area contributed by atoms with Crippen molar-refractivity contribution in [3.63, 3.8) is 0 Å². The number of rotatable bonds is 3. The second-order valence-corrected chi connectivity index (χ2v) is 7.37. The van der Waals surface area contributed by atoms with Gasteiger partial charge in [-0.1, -0.05) is 0 Å². The first-order chi connectivity index (χ1) is 11.8. The second kappa shape index (κ2) is 6.60. The summed E-state index contributed by atoms with van der Waals surface area (Å²) in [6.07, 6.45) is 6.40. The van der Waals surface area contributed by atoms with Crippen molar-refractivity contribution in [2.75, 3.05) is 6.54 Å². The van der Waals surface area contributed by atoms with Gasteiger partial charge in [0, 0.05) is 31.4 Å². The van der Waals surface area contributed by atoms with Gasteiger partial charge in [0.1, 0.15) is 16.5 Å². The van der Waals surface area contributed by atoms with E-state index in [-0.39, 0.29) is 11.9 Å². The van der Waals surface area contributed by atoms with E-state index >= 15 is 0 Å². The zero-order valence-corrected chi connectivity index (χ0v) is 14.5. The van der Waals surface area contributed by atoms with E-state index in [1.165, 1.54) is 17.8 Å². The molecule has 0 aromatic carbocycles. The molecule has 0 aliphatic carbocycles. The van der Waals surface area contributed by atoms with E-state index in [1.807, 2.05) is 10.3 Å². The van der Waals surface area contributed by atoms with E-state index in [4.69, 9.17) is 5.73 Å². The van der Waals surface area contributed by atoms with Crippen molar-refractivity contribution < 1.29 is 4.79 Å². The molecule has 2 aliphatic rings. The summed E-state index contributed by atoms with van der Waals surface area (Å²) in [5.41, 5.74) is 6.13. The number of nitrogens with zero attached hydrogens (tertiary/aromatic N) is 5. The molecule has 7 nitrogen and oxygen atoms in total. The number of nitrogens with two attached hydrogens (primary N) is 1. The summed E-state index contributed by atoms with van der Waals surface area (Å²) in [5.74, 6) is 2.00. The minimum Gasteiger partial charge on any atom is -0.327 e. The van der Waals surface area contributed by atoms with Gasteiger partial charge in [0.25, 0.3) is 5.91 Å². The van der Waals surface area contributed by atoms with E-state index in [0.717, 1.165) is 61.9 Å². The Balaban J connectivity index is 1.63. The first kappa shape index (κ1) is 15.7. The lowest BCUT2D eigenvalue weighted by atomic mass is 10.0. The molecule has 2 aliphatic heterocycles. The van der Waals surface area contributed by atoms with Crippen LogP contribution in [-0.4, -0.2) is 37.1 Å². The van der Waals surface area contributed by atoms with Crippen molar-refractivity contribution in [2.24, 2.45) is 5.73 Å². The van der Waals surface area contributed by atoms with Gasteiger partial charge in [0.15, 0.2) is 5.82 Å². The number of piperidine rings is 1.